The summed E-state index contributed by atoms with van der Waals surface area (Å²) in [6, 6.07) is 0.788. The first kappa shape index (κ1) is 15.7. The molecule has 0 saturated carbocycles. The molecule has 0 aromatic heterocycles. The third-order valence-electron chi connectivity index (χ3n) is 4.93. The zero-order valence-electron chi connectivity index (χ0n) is 13.3. The first-order valence-corrected chi connectivity index (χ1v) is 7.85. The van der Waals surface area contributed by atoms with Crippen molar-refractivity contribution in [1.82, 2.24) is 10.2 Å². The molecule has 0 bridgehead atoms. The summed E-state index contributed by atoms with van der Waals surface area (Å²) in [7, 11) is 4.06. The summed E-state index contributed by atoms with van der Waals surface area (Å²) < 4.78 is 0.595. The van der Waals surface area contributed by atoms with E-state index >= 15 is 0 Å². The maximum absolute atomic E-state index is 12.4. The van der Waals surface area contributed by atoms with Gasteiger partial charge in [-0.1, -0.05) is 0 Å². The molecule has 0 aromatic carbocycles. The molecule has 0 aromatic rings. The number of carbonyl (C=O) groups excluding carboxylic acids is 1. The van der Waals surface area contributed by atoms with Crippen molar-refractivity contribution in [1.29, 1.82) is 0 Å². The van der Waals surface area contributed by atoms with Crippen LogP contribution in [-0.4, -0.2) is 78.4 Å². The Bertz CT molecular complexity index is 349. The number of quaternary nitrogens is 1. The van der Waals surface area contributed by atoms with E-state index in [1.165, 1.54) is 0 Å². The van der Waals surface area contributed by atoms with Crippen molar-refractivity contribution in [3.05, 3.63) is 0 Å². The second kappa shape index (κ2) is 6.00. The van der Waals surface area contributed by atoms with E-state index < -0.39 is 0 Å². The zero-order chi connectivity index (χ0) is 14.9. The van der Waals surface area contributed by atoms with E-state index in [0.717, 1.165) is 25.9 Å². The molecule has 0 spiro atoms. The largest absolute Gasteiger partial charge is 0.387 e. The van der Waals surface area contributed by atoms with Crippen LogP contribution in [0.4, 0.5) is 0 Å². The molecule has 0 radical (unpaired) electrons. The van der Waals surface area contributed by atoms with Gasteiger partial charge in [0.1, 0.15) is 12.6 Å². The van der Waals surface area contributed by atoms with Gasteiger partial charge in [0, 0.05) is 31.6 Å². The van der Waals surface area contributed by atoms with Crippen LogP contribution in [0.15, 0.2) is 0 Å². The number of nitrogens with zero attached hydrogens (tertiary/aromatic N) is 2. The van der Waals surface area contributed by atoms with E-state index in [0.29, 0.717) is 29.5 Å². The van der Waals surface area contributed by atoms with Crippen LogP contribution < -0.4 is 5.32 Å². The number of likely N-dealkylation sites (tertiary alicyclic amines) is 2. The lowest BCUT2D eigenvalue weighted by atomic mass is 10.0. The first-order chi connectivity index (χ1) is 9.29. The average Bonchev–Trinajstić information content (AvgIpc) is 2.63. The lowest BCUT2D eigenvalue weighted by molar-refractivity contribution is -0.894. The van der Waals surface area contributed by atoms with Crippen LogP contribution in [0.5, 0.6) is 0 Å². The van der Waals surface area contributed by atoms with Gasteiger partial charge in [-0.05, 0) is 26.7 Å². The van der Waals surface area contributed by atoms with Crippen LogP contribution in [0, 0.1) is 0 Å². The van der Waals surface area contributed by atoms with E-state index in [4.69, 9.17) is 0 Å². The summed E-state index contributed by atoms with van der Waals surface area (Å²) in [5, 5.41) is 13.0. The second-order valence-electron chi connectivity index (χ2n) is 7.28. The molecule has 2 fully saturated rings. The molecule has 2 atom stereocenters. The van der Waals surface area contributed by atoms with Gasteiger partial charge in [0.05, 0.1) is 14.1 Å². The lowest BCUT2D eigenvalue weighted by Crippen LogP contribution is -2.55. The molecule has 1 amide bonds. The van der Waals surface area contributed by atoms with Crippen LogP contribution in [0.2, 0.25) is 0 Å². The summed E-state index contributed by atoms with van der Waals surface area (Å²) >= 11 is 0. The van der Waals surface area contributed by atoms with E-state index in [1.807, 2.05) is 14.1 Å². The molecule has 2 N–H and O–H groups in total. The van der Waals surface area contributed by atoms with Gasteiger partial charge in [0.2, 0.25) is 0 Å². The molecular formula is C15H30N3O2+. The van der Waals surface area contributed by atoms with Crippen LogP contribution >= 0.6 is 0 Å². The summed E-state index contributed by atoms with van der Waals surface area (Å²) in [5.41, 5.74) is 0. The number of hydrogen-bond acceptors (Lipinski definition) is 3. The zero-order valence-corrected chi connectivity index (χ0v) is 13.3. The third kappa shape index (κ3) is 3.51. The van der Waals surface area contributed by atoms with Gasteiger partial charge >= 0.3 is 0 Å². The van der Waals surface area contributed by atoms with Crippen LogP contribution in [0.1, 0.15) is 33.1 Å². The van der Waals surface area contributed by atoms with Gasteiger partial charge in [-0.2, -0.15) is 0 Å². The molecule has 2 heterocycles. The highest BCUT2D eigenvalue weighted by atomic mass is 16.3. The number of amides is 1. The molecule has 20 heavy (non-hydrogen) atoms. The normalized spacial score (nSPS) is 31.7. The second-order valence-corrected chi connectivity index (χ2v) is 7.28. The third-order valence-corrected chi connectivity index (χ3v) is 4.93. The predicted molar refractivity (Wildman–Crippen MR) is 79.3 cm³/mol. The van der Waals surface area contributed by atoms with Crippen molar-refractivity contribution in [2.24, 2.45) is 0 Å². The highest BCUT2D eigenvalue weighted by Gasteiger charge is 2.45. The Morgan fingerprint density at radius 1 is 1.30 bits per heavy atom. The summed E-state index contributed by atoms with van der Waals surface area (Å²) in [6.07, 6.45) is 2.31. The van der Waals surface area contributed by atoms with Gasteiger partial charge < -0.3 is 19.8 Å². The van der Waals surface area contributed by atoms with Gasteiger partial charge in [0.25, 0.3) is 5.91 Å². The van der Waals surface area contributed by atoms with E-state index in [-0.39, 0.29) is 18.1 Å². The summed E-state index contributed by atoms with van der Waals surface area (Å²) in [4.78, 5) is 14.9. The molecular weight excluding hydrogens is 254 g/mol. The van der Waals surface area contributed by atoms with E-state index in [2.05, 4.69) is 24.1 Å². The number of likely N-dealkylation sites (N-methyl/N-ethyl adjacent to an activating group) is 1. The highest BCUT2D eigenvalue weighted by Crippen LogP contribution is 2.23. The molecule has 5 heteroatoms. The molecule has 116 valence electrons. The molecule has 2 aliphatic heterocycles. The Morgan fingerprint density at radius 2 is 1.90 bits per heavy atom. The Hall–Kier alpha value is -0.650. The van der Waals surface area contributed by atoms with Crippen LogP contribution in [0.25, 0.3) is 0 Å². The van der Waals surface area contributed by atoms with Crippen molar-refractivity contribution < 1.29 is 14.4 Å². The highest BCUT2D eigenvalue weighted by molar-refractivity contribution is 5.81. The number of hydrogen-bond donors (Lipinski definition) is 2. The van der Waals surface area contributed by atoms with E-state index in [1.54, 1.807) is 0 Å². The Kier molecular flexibility index (Phi) is 4.72. The number of carbonyl (C=O) groups is 1. The fourth-order valence-corrected chi connectivity index (χ4v) is 3.57. The topological polar surface area (TPSA) is 52.6 Å². The molecule has 5 nitrogen and oxygen atoms in total. The van der Waals surface area contributed by atoms with Gasteiger partial charge in [-0.25, -0.2) is 0 Å². The Labute approximate surface area is 122 Å². The first-order valence-electron chi connectivity index (χ1n) is 7.85. The minimum Gasteiger partial charge on any atom is -0.387 e. The quantitative estimate of drug-likeness (QED) is 0.727. The van der Waals surface area contributed by atoms with Crippen molar-refractivity contribution in [2.45, 2.75) is 57.3 Å². The molecule has 2 aliphatic rings. The number of aliphatic hydroxyl groups is 1. The molecule has 0 unspecified atom stereocenters. The maximum Gasteiger partial charge on any atom is 0.278 e. The van der Waals surface area contributed by atoms with Gasteiger partial charge in [-0.3, -0.25) is 4.79 Å². The van der Waals surface area contributed by atoms with Crippen molar-refractivity contribution in [2.75, 3.05) is 33.7 Å². The minimum absolute atomic E-state index is 0.104. The number of nitrogens with one attached hydrogen (secondary N) is 1. The average molecular weight is 284 g/mol. The smallest absolute Gasteiger partial charge is 0.278 e. The van der Waals surface area contributed by atoms with Crippen LogP contribution in [0.3, 0.4) is 0 Å². The summed E-state index contributed by atoms with van der Waals surface area (Å²) in [5.74, 6) is 0.120. The molecule has 2 saturated heterocycles. The van der Waals surface area contributed by atoms with Gasteiger partial charge in [0.15, 0.2) is 6.04 Å². The SMILES string of the molecule is CC(C)N1CCC(NC(=O)[C@@H]2C[C@@H](O)C[N+]2(C)C)CC1. The van der Waals surface area contributed by atoms with Crippen molar-refractivity contribution in [3.8, 4) is 0 Å². The number of rotatable bonds is 3. The van der Waals surface area contributed by atoms with Crippen molar-refractivity contribution >= 4 is 5.91 Å². The monoisotopic (exact) mass is 284 g/mol. The lowest BCUT2D eigenvalue weighted by Gasteiger charge is -2.36. The fraction of sp³-hybridized carbons (Fsp3) is 0.933. The van der Waals surface area contributed by atoms with Crippen molar-refractivity contribution in [3.63, 3.8) is 0 Å². The summed E-state index contributed by atoms with van der Waals surface area (Å²) in [6.45, 7) is 7.24. The number of aliphatic hydroxyl groups excluding tert-OH is 1. The maximum atomic E-state index is 12.4. The van der Waals surface area contributed by atoms with Gasteiger partial charge in [-0.15, -0.1) is 0 Å². The number of piperidine rings is 1. The van der Waals surface area contributed by atoms with E-state index in [9.17, 15) is 9.90 Å². The Morgan fingerprint density at radius 3 is 2.35 bits per heavy atom. The fourth-order valence-electron chi connectivity index (χ4n) is 3.57. The van der Waals surface area contributed by atoms with Crippen LogP contribution in [-0.2, 0) is 4.79 Å². The predicted octanol–water partition coefficient (Wildman–Crippen LogP) is 0.185. The molecule has 2 rings (SSSR count). The standard InChI is InChI=1S/C15H29N3O2/c1-11(2)17-7-5-12(6-8-17)16-15(20)14-9-13(19)10-18(14,3)4/h11-14,19H,5-10H2,1-4H3/p+1/t13-,14+/m1/s1. The molecule has 0 aliphatic carbocycles. The minimum atomic E-state index is -0.344. The Balaban J connectivity index is 1.84.